The first-order valence-corrected chi connectivity index (χ1v) is 8.02. The molecule has 3 rings (SSSR count). The van der Waals surface area contributed by atoms with Crippen LogP contribution in [0.25, 0.3) is 0 Å². The zero-order valence-corrected chi connectivity index (χ0v) is 13.8. The average molecular weight is 346 g/mol. The summed E-state index contributed by atoms with van der Waals surface area (Å²) in [5, 5.41) is 6.36. The maximum absolute atomic E-state index is 12.4. The SMILES string of the molecule is Cc1cccc2c1Oc1ccccc1C2NC(=O)N(CCCl)N=O. The minimum atomic E-state index is -0.597. The lowest BCUT2D eigenvalue weighted by molar-refractivity contribution is 0.199. The van der Waals surface area contributed by atoms with E-state index in [1.54, 1.807) is 0 Å². The fraction of sp³-hybridized carbons (Fsp3) is 0.235. The zero-order chi connectivity index (χ0) is 17.1. The molecule has 2 amide bonds. The van der Waals surface area contributed by atoms with Crippen LogP contribution in [-0.4, -0.2) is 23.5 Å². The Morgan fingerprint density at radius 3 is 2.75 bits per heavy atom. The van der Waals surface area contributed by atoms with E-state index in [1.165, 1.54) is 0 Å². The third-order valence-electron chi connectivity index (χ3n) is 3.89. The van der Waals surface area contributed by atoms with Gasteiger partial charge >= 0.3 is 6.03 Å². The van der Waals surface area contributed by atoms with E-state index >= 15 is 0 Å². The number of fused-ring (bicyclic) bond motifs is 2. The van der Waals surface area contributed by atoms with Gasteiger partial charge in [-0.25, -0.2) is 4.79 Å². The topological polar surface area (TPSA) is 71.0 Å². The molecule has 1 heterocycles. The van der Waals surface area contributed by atoms with E-state index in [2.05, 4.69) is 10.6 Å². The van der Waals surface area contributed by atoms with E-state index in [1.807, 2.05) is 49.4 Å². The van der Waals surface area contributed by atoms with Gasteiger partial charge in [0, 0.05) is 17.0 Å². The molecule has 1 N–H and O–H groups in total. The van der Waals surface area contributed by atoms with Crippen LogP contribution in [0, 0.1) is 11.8 Å². The van der Waals surface area contributed by atoms with Gasteiger partial charge in [0.15, 0.2) is 0 Å². The Balaban J connectivity index is 1.99. The molecule has 0 fully saturated rings. The molecule has 7 heteroatoms. The van der Waals surface area contributed by atoms with E-state index < -0.39 is 12.1 Å². The van der Waals surface area contributed by atoms with Gasteiger partial charge in [0.1, 0.15) is 11.5 Å². The number of ether oxygens (including phenoxy) is 1. The Kier molecular flexibility index (Phi) is 4.66. The Hall–Kier alpha value is -2.60. The first kappa shape index (κ1) is 16.3. The standard InChI is InChI=1S/C17H16ClN3O3/c1-11-5-4-7-13-15(19-17(22)21(20-23)10-9-18)12-6-2-3-8-14(12)24-16(11)13/h2-8,15H,9-10H2,1H3,(H,19,22). The van der Waals surface area contributed by atoms with Gasteiger partial charge < -0.3 is 10.1 Å². The van der Waals surface area contributed by atoms with Crippen molar-refractivity contribution in [2.45, 2.75) is 13.0 Å². The Labute approximate surface area is 144 Å². The molecule has 1 aliphatic rings. The van der Waals surface area contributed by atoms with Crippen molar-refractivity contribution in [3.63, 3.8) is 0 Å². The van der Waals surface area contributed by atoms with Gasteiger partial charge in [0.2, 0.25) is 0 Å². The van der Waals surface area contributed by atoms with Crippen molar-refractivity contribution in [3.05, 3.63) is 64.1 Å². The second-order valence-electron chi connectivity index (χ2n) is 5.41. The van der Waals surface area contributed by atoms with Crippen molar-refractivity contribution in [2.75, 3.05) is 12.4 Å². The molecule has 0 aromatic heterocycles. The molecule has 1 aliphatic heterocycles. The first-order valence-electron chi connectivity index (χ1n) is 7.49. The van der Waals surface area contributed by atoms with E-state index in [9.17, 15) is 9.70 Å². The summed E-state index contributed by atoms with van der Waals surface area (Å²) < 4.78 is 5.98. The van der Waals surface area contributed by atoms with E-state index in [0.717, 1.165) is 21.7 Å². The fourth-order valence-corrected chi connectivity index (χ4v) is 2.90. The highest BCUT2D eigenvalue weighted by Crippen LogP contribution is 2.44. The van der Waals surface area contributed by atoms with E-state index in [0.29, 0.717) is 11.5 Å². The number of alkyl halides is 1. The van der Waals surface area contributed by atoms with Crippen molar-refractivity contribution in [1.82, 2.24) is 10.3 Å². The lowest BCUT2D eigenvalue weighted by atomic mass is 9.93. The predicted octanol–water partition coefficient (Wildman–Crippen LogP) is 4.12. The summed E-state index contributed by atoms with van der Waals surface area (Å²) in [6, 6.07) is 12.2. The van der Waals surface area contributed by atoms with Crippen LogP contribution < -0.4 is 10.1 Å². The normalized spacial score (nSPS) is 14.8. The zero-order valence-electron chi connectivity index (χ0n) is 13.0. The summed E-state index contributed by atoms with van der Waals surface area (Å²) in [6.07, 6.45) is 0. The van der Waals surface area contributed by atoms with Crippen LogP contribution in [0.2, 0.25) is 0 Å². The number of nitrogens with zero attached hydrogens (tertiary/aromatic N) is 2. The van der Waals surface area contributed by atoms with Gasteiger partial charge in [-0.05, 0) is 18.6 Å². The average Bonchev–Trinajstić information content (AvgIpc) is 2.60. The molecular weight excluding hydrogens is 330 g/mol. The summed E-state index contributed by atoms with van der Waals surface area (Å²) in [4.78, 5) is 23.2. The largest absolute Gasteiger partial charge is 0.456 e. The maximum Gasteiger partial charge on any atom is 0.341 e. The summed E-state index contributed by atoms with van der Waals surface area (Å²) in [5.74, 6) is 1.51. The minimum absolute atomic E-state index is 0.0441. The molecule has 24 heavy (non-hydrogen) atoms. The van der Waals surface area contributed by atoms with Crippen LogP contribution in [0.1, 0.15) is 22.7 Å². The number of halogens is 1. The Morgan fingerprint density at radius 1 is 1.25 bits per heavy atom. The van der Waals surface area contributed by atoms with E-state index in [-0.39, 0.29) is 12.4 Å². The first-order chi connectivity index (χ1) is 11.7. The van der Waals surface area contributed by atoms with E-state index in [4.69, 9.17) is 16.3 Å². The number of para-hydroxylation sites is 2. The van der Waals surface area contributed by atoms with Gasteiger partial charge in [-0.1, -0.05) is 36.4 Å². The second-order valence-corrected chi connectivity index (χ2v) is 5.79. The highest BCUT2D eigenvalue weighted by Gasteiger charge is 2.30. The number of nitroso groups, excluding NO2 is 1. The van der Waals surface area contributed by atoms with Crippen LogP contribution in [0.3, 0.4) is 0 Å². The minimum Gasteiger partial charge on any atom is -0.456 e. The molecule has 0 saturated carbocycles. The molecule has 1 unspecified atom stereocenters. The highest BCUT2D eigenvalue weighted by molar-refractivity contribution is 6.18. The molecule has 0 radical (unpaired) electrons. The smallest absolute Gasteiger partial charge is 0.341 e. The van der Waals surface area contributed by atoms with Crippen LogP contribution in [-0.2, 0) is 0 Å². The maximum atomic E-state index is 12.4. The van der Waals surface area contributed by atoms with Crippen molar-refractivity contribution in [2.24, 2.45) is 5.29 Å². The van der Waals surface area contributed by atoms with Crippen LogP contribution in [0.15, 0.2) is 47.8 Å². The van der Waals surface area contributed by atoms with Gasteiger partial charge in [-0.2, -0.15) is 5.01 Å². The number of hydrogen-bond donors (Lipinski definition) is 1. The molecule has 6 nitrogen and oxygen atoms in total. The van der Waals surface area contributed by atoms with Crippen LogP contribution in [0.5, 0.6) is 11.5 Å². The molecule has 124 valence electrons. The molecule has 0 bridgehead atoms. The molecular formula is C17H16ClN3O3. The highest BCUT2D eigenvalue weighted by atomic mass is 35.5. The van der Waals surface area contributed by atoms with Gasteiger partial charge in [0.05, 0.1) is 17.9 Å². The summed E-state index contributed by atoms with van der Waals surface area (Å²) in [5.41, 5.74) is 2.62. The molecule has 0 aliphatic carbocycles. The summed E-state index contributed by atoms with van der Waals surface area (Å²) in [7, 11) is 0. The Bertz CT molecular complexity index is 781. The molecule has 2 aromatic carbocycles. The van der Waals surface area contributed by atoms with Gasteiger partial charge in [0.25, 0.3) is 0 Å². The quantitative estimate of drug-likeness (QED) is 0.514. The lowest BCUT2D eigenvalue weighted by Gasteiger charge is -2.30. The number of carbonyl (C=O) groups excluding carboxylic acids is 1. The summed E-state index contributed by atoms with van der Waals surface area (Å²) in [6.45, 7) is 1.99. The van der Waals surface area contributed by atoms with Crippen molar-refractivity contribution >= 4 is 17.6 Å². The number of benzene rings is 2. The number of hydrogen-bond acceptors (Lipinski definition) is 4. The molecule has 0 saturated heterocycles. The second kappa shape index (κ2) is 6.88. The monoisotopic (exact) mass is 345 g/mol. The number of carbonyl (C=O) groups is 1. The number of rotatable bonds is 4. The lowest BCUT2D eigenvalue weighted by Crippen LogP contribution is -2.40. The predicted molar refractivity (Wildman–Crippen MR) is 91.3 cm³/mol. The number of aryl methyl sites for hydroxylation is 1. The molecule has 1 atom stereocenters. The molecule has 0 spiro atoms. The van der Waals surface area contributed by atoms with Crippen LogP contribution >= 0.6 is 11.6 Å². The fourth-order valence-electron chi connectivity index (χ4n) is 2.74. The third-order valence-corrected chi connectivity index (χ3v) is 4.06. The van der Waals surface area contributed by atoms with Crippen molar-refractivity contribution in [3.8, 4) is 11.5 Å². The van der Waals surface area contributed by atoms with Gasteiger partial charge in [-0.15, -0.1) is 16.5 Å². The number of amides is 2. The van der Waals surface area contributed by atoms with Crippen LogP contribution in [0.4, 0.5) is 4.79 Å². The Morgan fingerprint density at radius 2 is 2.00 bits per heavy atom. The summed E-state index contributed by atoms with van der Waals surface area (Å²) >= 11 is 5.60. The number of urea groups is 1. The van der Waals surface area contributed by atoms with Crippen molar-refractivity contribution in [1.29, 1.82) is 0 Å². The number of nitrogens with one attached hydrogen (secondary N) is 1. The van der Waals surface area contributed by atoms with Crippen molar-refractivity contribution < 1.29 is 9.53 Å². The molecule has 2 aromatic rings. The third kappa shape index (κ3) is 2.92. The van der Waals surface area contributed by atoms with Gasteiger partial charge in [-0.3, -0.25) is 0 Å².